The lowest BCUT2D eigenvalue weighted by atomic mass is 10.3. The van der Waals surface area contributed by atoms with Crippen molar-refractivity contribution in [2.75, 3.05) is 32.9 Å². The Labute approximate surface area is 100 Å². The maximum Gasteiger partial charge on any atom is 0.242 e. The summed E-state index contributed by atoms with van der Waals surface area (Å²) in [5.41, 5.74) is 5.04. The molecule has 0 aliphatic heterocycles. The highest BCUT2D eigenvalue weighted by atomic mass is 32.2. The third kappa shape index (κ3) is 3.65. The summed E-state index contributed by atoms with van der Waals surface area (Å²) in [6.07, 6.45) is 0. The first-order chi connectivity index (χ1) is 7.84. The summed E-state index contributed by atoms with van der Waals surface area (Å²) >= 11 is 0. The molecule has 1 aromatic rings. The number of benzene rings is 1. The van der Waals surface area contributed by atoms with E-state index in [4.69, 9.17) is 5.73 Å². The number of nitrogens with two attached hydrogens (primary N) is 1. The summed E-state index contributed by atoms with van der Waals surface area (Å²) in [6, 6.07) is 3.71. The zero-order valence-electron chi connectivity index (χ0n) is 9.77. The molecule has 0 aromatic heterocycles. The molecule has 0 unspecified atom stereocenters. The van der Waals surface area contributed by atoms with E-state index >= 15 is 0 Å². The number of sulfonamides is 1. The van der Waals surface area contributed by atoms with E-state index < -0.39 is 15.8 Å². The van der Waals surface area contributed by atoms with E-state index in [2.05, 4.69) is 4.72 Å². The molecule has 0 atom stereocenters. The number of hydrogen-bond acceptors (Lipinski definition) is 4. The maximum absolute atomic E-state index is 13.1. The monoisotopic (exact) mass is 261 g/mol. The Morgan fingerprint density at radius 3 is 2.65 bits per heavy atom. The summed E-state index contributed by atoms with van der Waals surface area (Å²) in [4.78, 5) is 1.61. The van der Waals surface area contributed by atoms with Gasteiger partial charge < -0.3 is 10.6 Å². The van der Waals surface area contributed by atoms with Gasteiger partial charge in [0.15, 0.2) is 0 Å². The van der Waals surface area contributed by atoms with Crippen molar-refractivity contribution in [3.63, 3.8) is 0 Å². The first-order valence-electron chi connectivity index (χ1n) is 5.03. The van der Waals surface area contributed by atoms with Gasteiger partial charge >= 0.3 is 0 Å². The minimum atomic E-state index is -3.75. The molecule has 17 heavy (non-hydrogen) atoms. The molecule has 7 heteroatoms. The third-order valence-corrected chi connectivity index (χ3v) is 3.67. The third-order valence-electron chi connectivity index (χ3n) is 2.15. The Kier molecular flexibility index (Phi) is 4.44. The van der Waals surface area contributed by atoms with Crippen LogP contribution in [0.3, 0.4) is 0 Å². The molecule has 1 rings (SSSR count). The van der Waals surface area contributed by atoms with Crippen LogP contribution < -0.4 is 10.5 Å². The maximum atomic E-state index is 13.1. The average molecular weight is 261 g/mol. The van der Waals surface area contributed by atoms with Gasteiger partial charge in [-0.3, -0.25) is 0 Å². The Hall–Kier alpha value is -1.18. The fourth-order valence-corrected chi connectivity index (χ4v) is 2.39. The Morgan fingerprint density at radius 2 is 2.06 bits per heavy atom. The Morgan fingerprint density at radius 1 is 1.41 bits per heavy atom. The van der Waals surface area contributed by atoms with Gasteiger partial charge in [-0.1, -0.05) is 6.07 Å². The summed E-state index contributed by atoms with van der Waals surface area (Å²) in [7, 11) is -0.102. The molecule has 0 fully saturated rings. The van der Waals surface area contributed by atoms with Crippen LogP contribution in [0.5, 0.6) is 0 Å². The van der Waals surface area contributed by atoms with Crippen LogP contribution in [-0.4, -0.2) is 40.5 Å². The lowest BCUT2D eigenvalue weighted by molar-refractivity contribution is 0.412. The van der Waals surface area contributed by atoms with Crippen molar-refractivity contribution in [3.05, 3.63) is 24.0 Å². The van der Waals surface area contributed by atoms with E-state index in [1.165, 1.54) is 12.1 Å². The molecular weight excluding hydrogens is 245 g/mol. The normalized spacial score (nSPS) is 12.0. The number of hydrogen-bond donors (Lipinski definition) is 2. The molecule has 0 amide bonds. The van der Waals surface area contributed by atoms with E-state index in [0.717, 1.165) is 6.07 Å². The number of halogens is 1. The van der Waals surface area contributed by atoms with Crippen molar-refractivity contribution in [2.24, 2.45) is 0 Å². The molecule has 0 saturated carbocycles. The molecule has 0 bridgehead atoms. The molecule has 1 aromatic carbocycles. The number of anilines is 1. The van der Waals surface area contributed by atoms with Gasteiger partial charge in [-0.15, -0.1) is 0 Å². The number of nitrogens with one attached hydrogen (secondary N) is 1. The van der Waals surface area contributed by atoms with E-state index in [-0.39, 0.29) is 17.1 Å². The van der Waals surface area contributed by atoms with Gasteiger partial charge in [0, 0.05) is 13.1 Å². The van der Waals surface area contributed by atoms with Gasteiger partial charge in [-0.25, -0.2) is 17.5 Å². The van der Waals surface area contributed by atoms with Gasteiger partial charge in [0.25, 0.3) is 0 Å². The smallest absolute Gasteiger partial charge is 0.242 e. The standard InChI is InChI=1S/C10H16FN3O2S/c1-14(2)7-6-13-17(15,16)9-5-3-4-8(11)10(9)12/h3-5,13H,6-7,12H2,1-2H3. The second-order valence-electron chi connectivity index (χ2n) is 3.85. The van der Waals surface area contributed by atoms with Crippen molar-refractivity contribution in [1.29, 1.82) is 0 Å². The molecule has 0 aliphatic carbocycles. The summed E-state index contributed by atoms with van der Waals surface area (Å²) in [5.74, 6) is -0.736. The summed E-state index contributed by atoms with van der Waals surface area (Å²) in [5, 5.41) is 0. The van der Waals surface area contributed by atoms with E-state index in [9.17, 15) is 12.8 Å². The van der Waals surface area contributed by atoms with Crippen molar-refractivity contribution in [3.8, 4) is 0 Å². The van der Waals surface area contributed by atoms with Crippen LogP contribution in [0.4, 0.5) is 10.1 Å². The van der Waals surface area contributed by atoms with Crippen molar-refractivity contribution in [2.45, 2.75) is 4.90 Å². The van der Waals surface area contributed by atoms with Gasteiger partial charge in [0.2, 0.25) is 10.0 Å². The molecule has 0 spiro atoms. The van der Waals surface area contributed by atoms with E-state index in [0.29, 0.717) is 6.54 Å². The second kappa shape index (κ2) is 5.44. The van der Waals surface area contributed by atoms with Crippen LogP contribution in [0.1, 0.15) is 0 Å². The zero-order chi connectivity index (χ0) is 13.1. The number of likely N-dealkylation sites (N-methyl/N-ethyl adjacent to an activating group) is 1. The Bertz CT molecular complexity index is 488. The molecule has 0 saturated heterocycles. The lowest BCUT2D eigenvalue weighted by Gasteiger charge is -2.12. The van der Waals surface area contributed by atoms with Crippen LogP contribution in [0.2, 0.25) is 0 Å². The van der Waals surface area contributed by atoms with Crippen molar-refractivity contribution in [1.82, 2.24) is 9.62 Å². The molecule has 0 aliphatic rings. The topological polar surface area (TPSA) is 75.4 Å². The molecule has 3 N–H and O–H groups in total. The fraction of sp³-hybridized carbons (Fsp3) is 0.400. The molecule has 0 radical (unpaired) electrons. The number of nitrogen functional groups attached to an aromatic ring is 1. The molecule has 5 nitrogen and oxygen atoms in total. The van der Waals surface area contributed by atoms with Gasteiger partial charge in [-0.05, 0) is 26.2 Å². The summed E-state index contributed by atoms with van der Waals surface area (Å²) in [6.45, 7) is 0.791. The van der Waals surface area contributed by atoms with Gasteiger partial charge in [0.05, 0.1) is 5.69 Å². The minimum absolute atomic E-state index is 0.226. The van der Waals surface area contributed by atoms with E-state index in [1.54, 1.807) is 0 Å². The van der Waals surface area contributed by atoms with Crippen molar-refractivity contribution < 1.29 is 12.8 Å². The van der Waals surface area contributed by atoms with E-state index in [1.807, 2.05) is 19.0 Å². The number of rotatable bonds is 5. The summed E-state index contributed by atoms with van der Waals surface area (Å²) < 4.78 is 39.1. The molecule has 0 heterocycles. The minimum Gasteiger partial charge on any atom is -0.395 e. The predicted octanol–water partition coefficient (Wildman–Crippen LogP) is 0.248. The first-order valence-corrected chi connectivity index (χ1v) is 6.51. The SMILES string of the molecule is CN(C)CCNS(=O)(=O)c1cccc(F)c1N. The fourth-order valence-electron chi connectivity index (χ4n) is 1.23. The van der Waals surface area contributed by atoms with Gasteiger partial charge in [-0.2, -0.15) is 0 Å². The first kappa shape index (κ1) is 13.9. The second-order valence-corrected chi connectivity index (χ2v) is 5.59. The van der Waals surface area contributed by atoms with Crippen LogP contribution in [0.25, 0.3) is 0 Å². The highest BCUT2D eigenvalue weighted by molar-refractivity contribution is 7.89. The Balaban J connectivity index is 2.87. The highest BCUT2D eigenvalue weighted by Gasteiger charge is 2.18. The van der Waals surface area contributed by atoms with Crippen molar-refractivity contribution >= 4 is 15.7 Å². The van der Waals surface area contributed by atoms with Gasteiger partial charge in [0.1, 0.15) is 10.7 Å². The number of nitrogens with zero attached hydrogens (tertiary/aromatic N) is 1. The lowest BCUT2D eigenvalue weighted by Crippen LogP contribution is -2.31. The average Bonchev–Trinajstić information content (AvgIpc) is 2.21. The van der Waals surface area contributed by atoms with Crippen LogP contribution in [-0.2, 0) is 10.0 Å². The largest absolute Gasteiger partial charge is 0.395 e. The zero-order valence-corrected chi connectivity index (χ0v) is 10.6. The van der Waals surface area contributed by atoms with Crippen LogP contribution >= 0.6 is 0 Å². The van der Waals surface area contributed by atoms with Crippen LogP contribution in [0, 0.1) is 5.82 Å². The van der Waals surface area contributed by atoms with Crippen LogP contribution in [0.15, 0.2) is 23.1 Å². The highest BCUT2D eigenvalue weighted by Crippen LogP contribution is 2.20. The quantitative estimate of drug-likeness (QED) is 0.745. The molecular formula is C10H16FN3O2S. The molecule has 96 valence electrons. The predicted molar refractivity (Wildman–Crippen MR) is 64.6 cm³/mol. The number of para-hydroxylation sites is 1.